The molecule has 1 aromatic heterocycles. The predicted octanol–water partition coefficient (Wildman–Crippen LogP) is 0.918. The van der Waals surface area contributed by atoms with Crippen LogP contribution in [0, 0.1) is 0 Å². The van der Waals surface area contributed by atoms with Crippen molar-refractivity contribution in [2.75, 3.05) is 51.4 Å². The molecule has 1 amide bonds. The summed E-state index contributed by atoms with van der Waals surface area (Å²) in [6.45, 7) is 2.34. The molecule has 0 aliphatic carbocycles. The van der Waals surface area contributed by atoms with Gasteiger partial charge in [0, 0.05) is 52.4 Å². The molecule has 1 atom stereocenters. The van der Waals surface area contributed by atoms with Crippen molar-refractivity contribution >= 4 is 21.9 Å². The Morgan fingerprint density at radius 1 is 1.19 bits per heavy atom. The molecule has 26 heavy (non-hydrogen) atoms. The highest BCUT2D eigenvalue weighted by Crippen LogP contribution is 2.31. The summed E-state index contributed by atoms with van der Waals surface area (Å²) in [7, 11) is 0.460. The van der Waals surface area contributed by atoms with Crippen LogP contribution >= 0.6 is 0 Å². The van der Waals surface area contributed by atoms with Crippen LogP contribution in [0.2, 0.25) is 0 Å². The minimum atomic E-state index is -3.24. The van der Waals surface area contributed by atoms with E-state index in [4.69, 9.17) is 0 Å². The maximum absolute atomic E-state index is 13.0. The lowest BCUT2D eigenvalue weighted by molar-refractivity contribution is 0.0721. The number of hydrogen-bond donors (Lipinski definition) is 0. The van der Waals surface area contributed by atoms with Crippen molar-refractivity contribution in [3.05, 3.63) is 17.5 Å². The largest absolute Gasteiger partial charge is 0.347 e. The molecule has 2 fully saturated rings. The van der Waals surface area contributed by atoms with E-state index in [9.17, 15) is 13.2 Å². The fraction of sp³-hybridized carbons (Fsp3) is 0.706. The molecule has 144 valence electrons. The van der Waals surface area contributed by atoms with Gasteiger partial charge in [0.05, 0.1) is 17.5 Å². The van der Waals surface area contributed by atoms with Crippen LogP contribution in [-0.2, 0) is 10.0 Å². The summed E-state index contributed by atoms with van der Waals surface area (Å²) in [5.74, 6) is 0.408. The lowest BCUT2D eigenvalue weighted by atomic mass is 9.99. The summed E-state index contributed by atoms with van der Waals surface area (Å²) in [6, 6.07) is 0. The van der Waals surface area contributed by atoms with E-state index in [1.54, 1.807) is 11.1 Å². The van der Waals surface area contributed by atoms with Gasteiger partial charge in [0.25, 0.3) is 5.91 Å². The third kappa shape index (κ3) is 3.98. The third-order valence-corrected chi connectivity index (χ3v) is 6.36. The van der Waals surface area contributed by atoms with Crippen LogP contribution in [0.1, 0.15) is 47.7 Å². The zero-order chi connectivity index (χ0) is 18.9. The summed E-state index contributed by atoms with van der Waals surface area (Å²) in [5.41, 5.74) is 1.18. The van der Waals surface area contributed by atoms with Crippen molar-refractivity contribution in [2.45, 2.75) is 31.6 Å². The van der Waals surface area contributed by atoms with Gasteiger partial charge in [-0.3, -0.25) is 4.79 Å². The Kier molecular flexibility index (Phi) is 5.47. The molecule has 3 rings (SSSR count). The molecule has 1 unspecified atom stereocenters. The van der Waals surface area contributed by atoms with E-state index in [0.717, 1.165) is 32.4 Å². The highest BCUT2D eigenvalue weighted by atomic mass is 32.2. The van der Waals surface area contributed by atoms with Gasteiger partial charge in [0.2, 0.25) is 16.0 Å². The Balaban J connectivity index is 1.93. The van der Waals surface area contributed by atoms with Crippen LogP contribution in [-0.4, -0.2) is 80.0 Å². The Morgan fingerprint density at radius 3 is 2.46 bits per heavy atom. The highest BCUT2D eigenvalue weighted by Gasteiger charge is 2.34. The van der Waals surface area contributed by atoms with Crippen LogP contribution in [0.4, 0.5) is 5.95 Å². The fourth-order valence-electron chi connectivity index (χ4n) is 3.60. The number of carbonyl (C=O) groups excluding carboxylic acids is 1. The first-order chi connectivity index (χ1) is 12.3. The molecule has 3 heterocycles. The van der Waals surface area contributed by atoms with E-state index in [-0.39, 0.29) is 11.8 Å². The quantitative estimate of drug-likeness (QED) is 0.771. The van der Waals surface area contributed by atoms with Crippen LogP contribution < -0.4 is 4.90 Å². The van der Waals surface area contributed by atoms with Gasteiger partial charge >= 0.3 is 0 Å². The van der Waals surface area contributed by atoms with Gasteiger partial charge in [0.15, 0.2) is 0 Å². The van der Waals surface area contributed by atoms with Gasteiger partial charge < -0.3 is 9.80 Å². The van der Waals surface area contributed by atoms with Gasteiger partial charge in [-0.05, 0) is 25.7 Å². The Hall–Kier alpha value is -1.74. The van der Waals surface area contributed by atoms with Crippen molar-refractivity contribution in [3.63, 3.8) is 0 Å². The molecular weight excluding hydrogens is 354 g/mol. The van der Waals surface area contributed by atoms with Crippen molar-refractivity contribution in [1.82, 2.24) is 19.2 Å². The topological polar surface area (TPSA) is 86.7 Å². The van der Waals surface area contributed by atoms with Crippen LogP contribution in [0.15, 0.2) is 6.20 Å². The number of carbonyl (C=O) groups is 1. The highest BCUT2D eigenvalue weighted by molar-refractivity contribution is 7.88. The molecule has 0 aromatic carbocycles. The second-order valence-corrected chi connectivity index (χ2v) is 9.31. The minimum Gasteiger partial charge on any atom is -0.347 e. The summed E-state index contributed by atoms with van der Waals surface area (Å²) >= 11 is 0. The average molecular weight is 382 g/mol. The number of rotatable bonds is 4. The lowest BCUT2D eigenvalue weighted by Gasteiger charge is -2.28. The number of likely N-dealkylation sites (tertiary alicyclic amines) is 1. The molecule has 0 spiro atoms. The predicted molar refractivity (Wildman–Crippen MR) is 99.9 cm³/mol. The number of aromatic nitrogens is 2. The van der Waals surface area contributed by atoms with Crippen LogP contribution in [0.25, 0.3) is 0 Å². The van der Waals surface area contributed by atoms with Gasteiger partial charge in [0.1, 0.15) is 0 Å². The third-order valence-electron chi connectivity index (χ3n) is 5.09. The zero-order valence-corrected chi connectivity index (χ0v) is 16.5. The molecule has 2 aliphatic rings. The molecule has 2 aliphatic heterocycles. The minimum absolute atomic E-state index is 0.0391. The van der Waals surface area contributed by atoms with Gasteiger partial charge in [-0.1, -0.05) is 0 Å². The van der Waals surface area contributed by atoms with E-state index < -0.39 is 10.0 Å². The normalized spacial score (nSPS) is 21.8. The average Bonchev–Trinajstić information content (AvgIpc) is 3.11. The first kappa shape index (κ1) is 19.0. The summed E-state index contributed by atoms with van der Waals surface area (Å²) < 4.78 is 25.2. The lowest BCUT2D eigenvalue weighted by Crippen LogP contribution is -2.37. The van der Waals surface area contributed by atoms with Gasteiger partial charge in [-0.2, -0.15) is 0 Å². The molecule has 8 nitrogen and oxygen atoms in total. The monoisotopic (exact) mass is 381 g/mol. The van der Waals surface area contributed by atoms with Crippen molar-refractivity contribution < 1.29 is 13.2 Å². The molecule has 0 N–H and O–H groups in total. The van der Waals surface area contributed by atoms with Crippen LogP contribution in [0.5, 0.6) is 0 Å². The summed E-state index contributed by atoms with van der Waals surface area (Å²) in [4.78, 5) is 25.7. The van der Waals surface area contributed by atoms with Gasteiger partial charge in [-0.25, -0.2) is 22.7 Å². The summed E-state index contributed by atoms with van der Waals surface area (Å²) in [5, 5.41) is 0. The first-order valence-corrected chi connectivity index (χ1v) is 10.9. The van der Waals surface area contributed by atoms with Crippen molar-refractivity contribution in [2.24, 2.45) is 0 Å². The van der Waals surface area contributed by atoms with E-state index in [1.165, 1.54) is 10.6 Å². The molecule has 0 bridgehead atoms. The molecule has 0 radical (unpaired) electrons. The second-order valence-electron chi connectivity index (χ2n) is 7.32. The van der Waals surface area contributed by atoms with E-state index in [0.29, 0.717) is 36.7 Å². The SMILES string of the molecule is CN(C)c1ncc(C(=O)N2CCCCC2)c(C2CCN(S(C)(=O)=O)C2)n1. The molecule has 2 saturated heterocycles. The molecule has 0 saturated carbocycles. The Labute approximate surface area is 155 Å². The number of amides is 1. The smallest absolute Gasteiger partial charge is 0.257 e. The number of anilines is 1. The second kappa shape index (κ2) is 7.48. The standard InChI is InChI=1S/C17H27N5O3S/c1-20(2)17-18-11-14(16(23)21-8-5-4-6-9-21)15(19-17)13-7-10-22(12-13)26(3,24)25/h11,13H,4-10,12H2,1-3H3. The maximum atomic E-state index is 13.0. The Morgan fingerprint density at radius 2 is 1.88 bits per heavy atom. The first-order valence-electron chi connectivity index (χ1n) is 9.06. The zero-order valence-electron chi connectivity index (χ0n) is 15.7. The fourth-order valence-corrected chi connectivity index (χ4v) is 4.48. The van der Waals surface area contributed by atoms with E-state index >= 15 is 0 Å². The van der Waals surface area contributed by atoms with Crippen molar-refractivity contribution in [3.8, 4) is 0 Å². The van der Waals surface area contributed by atoms with Crippen molar-refractivity contribution in [1.29, 1.82) is 0 Å². The number of hydrogen-bond acceptors (Lipinski definition) is 6. The number of sulfonamides is 1. The number of nitrogens with zero attached hydrogens (tertiary/aromatic N) is 5. The van der Waals surface area contributed by atoms with Crippen LogP contribution in [0.3, 0.4) is 0 Å². The Bertz CT molecular complexity index is 775. The van der Waals surface area contributed by atoms with E-state index in [1.807, 2.05) is 19.0 Å². The maximum Gasteiger partial charge on any atom is 0.257 e. The van der Waals surface area contributed by atoms with Gasteiger partial charge in [-0.15, -0.1) is 0 Å². The molecule has 9 heteroatoms. The van der Waals surface area contributed by atoms with E-state index in [2.05, 4.69) is 9.97 Å². The molecule has 1 aromatic rings. The number of piperidine rings is 1. The summed E-state index contributed by atoms with van der Waals surface area (Å²) in [6.07, 6.45) is 6.68. The molecular formula is C17H27N5O3S.